The standard InChI is InChI=1S/C13H12BrN3O/c14-11-3-1-2-10(6-11)4-5-13(18)16-8-12-7-15-9-17-12/h1-7,9H,8H2,(H,15,17)(H,16,18). The van der Waals surface area contributed by atoms with E-state index in [1.165, 1.54) is 6.08 Å². The molecule has 1 amide bonds. The molecular formula is C13H12BrN3O. The molecule has 92 valence electrons. The molecule has 0 saturated heterocycles. The summed E-state index contributed by atoms with van der Waals surface area (Å²) in [6, 6.07) is 7.74. The van der Waals surface area contributed by atoms with Gasteiger partial charge < -0.3 is 10.3 Å². The molecule has 0 bridgehead atoms. The van der Waals surface area contributed by atoms with Gasteiger partial charge in [-0.25, -0.2) is 4.98 Å². The average Bonchev–Trinajstić information content (AvgIpc) is 2.87. The van der Waals surface area contributed by atoms with Crippen LogP contribution in [0, 0.1) is 0 Å². The van der Waals surface area contributed by atoms with Gasteiger partial charge in [-0.2, -0.15) is 0 Å². The number of nitrogens with one attached hydrogen (secondary N) is 2. The first kappa shape index (κ1) is 12.6. The first-order valence-corrected chi connectivity index (χ1v) is 6.22. The molecule has 2 aromatic rings. The van der Waals surface area contributed by atoms with Gasteiger partial charge in [-0.3, -0.25) is 4.79 Å². The van der Waals surface area contributed by atoms with E-state index in [0.29, 0.717) is 6.54 Å². The second-order valence-corrected chi connectivity index (χ2v) is 4.60. The molecule has 0 aliphatic carbocycles. The van der Waals surface area contributed by atoms with Gasteiger partial charge in [0.05, 0.1) is 18.6 Å². The molecule has 2 N–H and O–H groups in total. The predicted molar refractivity (Wildman–Crippen MR) is 73.6 cm³/mol. The van der Waals surface area contributed by atoms with Gasteiger partial charge in [0, 0.05) is 16.7 Å². The van der Waals surface area contributed by atoms with Crippen molar-refractivity contribution in [3.63, 3.8) is 0 Å². The van der Waals surface area contributed by atoms with Gasteiger partial charge in [-0.15, -0.1) is 0 Å². The van der Waals surface area contributed by atoms with Gasteiger partial charge in [0.1, 0.15) is 0 Å². The highest BCUT2D eigenvalue weighted by Crippen LogP contribution is 2.12. The van der Waals surface area contributed by atoms with Crippen molar-refractivity contribution >= 4 is 27.9 Å². The second kappa shape index (κ2) is 6.16. The number of rotatable bonds is 4. The molecule has 18 heavy (non-hydrogen) atoms. The smallest absolute Gasteiger partial charge is 0.244 e. The SMILES string of the molecule is O=C(C=Cc1cccc(Br)c1)NCc1cnc[nH]1. The van der Waals surface area contributed by atoms with E-state index in [1.54, 1.807) is 18.6 Å². The average molecular weight is 306 g/mol. The van der Waals surface area contributed by atoms with Crippen LogP contribution in [0.25, 0.3) is 6.08 Å². The molecule has 1 aromatic carbocycles. The van der Waals surface area contributed by atoms with E-state index in [4.69, 9.17) is 0 Å². The van der Waals surface area contributed by atoms with Gasteiger partial charge in [0.2, 0.25) is 5.91 Å². The second-order valence-electron chi connectivity index (χ2n) is 3.68. The van der Waals surface area contributed by atoms with Crippen molar-refractivity contribution in [3.05, 3.63) is 58.6 Å². The number of aromatic nitrogens is 2. The normalized spacial score (nSPS) is 10.7. The largest absolute Gasteiger partial charge is 0.347 e. The molecule has 5 heteroatoms. The van der Waals surface area contributed by atoms with Crippen LogP contribution >= 0.6 is 15.9 Å². The van der Waals surface area contributed by atoms with Crippen molar-refractivity contribution in [2.45, 2.75) is 6.54 Å². The number of aromatic amines is 1. The van der Waals surface area contributed by atoms with E-state index in [-0.39, 0.29) is 5.91 Å². The number of benzene rings is 1. The Morgan fingerprint density at radius 3 is 3.11 bits per heavy atom. The number of carbonyl (C=O) groups excluding carboxylic acids is 1. The molecule has 2 rings (SSSR count). The summed E-state index contributed by atoms with van der Waals surface area (Å²) in [5.74, 6) is -0.135. The van der Waals surface area contributed by atoms with Crippen LogP contribution < -0.4 is 5.32 Å². The Hall–Kier alpha value is -1.88. The Morgan fingerprint density at radius 1 is 1.50 bits per heavy atom. The third kappa shape index (κ3) is 3.85. The van der Waals surface area contributed by atoms with Gasteiger partial charge in [-0.1, -0.05) is 28.1 Å². The van der Waals surface area contributed by atoms with E-state index in [9.17, 15) is 4.79 Å². The number of carbonyl (C=O) groups is 1. The van der Waals surface area contributed by atoms with Crippen LogP contribution in [0.2, 0.25) is 0 Å². The lowest BCUT2D eigenvalue weighted by Gasteiger charge is -1.99. The Bertz CT molecular complexity index is 549. The zero-order valence-electron chi connectivity index (χ0n) is 9.56. The number of hydrogen-bond acceptors (Lipinski definition) is 2. The van der Waals surface area contributed by atoms with Crippen molar-refractivity contribution < 1.29 is 4.79 Å². The monoisotopic (exact) mass is 305 g/mol. The Kier molecular flexibility index (Phi) is 4.30. The lowest BCUT2D eigenvalue weighted by molar-refractivity contribution is -0.116. The molecule has 4 nitrogen and oxygen atoms in total. The highest BCUT2D eigenvalue weighted by atomic mass is 79.9. The summed E-state index contributed by atoms with van der Waals surface area (Å²) in [5.41, 5.74) is 1.85. The van der Waals surface area contributed by atoms with E-state index in [0.717, 1.165) is 15.7 Å². The van der Waals surface area contributed by atoms with Crippen LogP contribution in [0.15, 0.2) is 47.3 Å². The Morgan fingerprint density at radius 2 is 2.39 bits per heavy atom. The number of imidazole rings is 1. The minimum absolute atomic E-state index is 0.135. The molecule has 1 heterocycles. The first-order valence-electron chi connectivity index (χ1n) is 5.43. The van der Waals surface area contributed by atoms with Crippen LogP contribution in [0.1, 0.15) is 11.3 Å². The topological polar surface area (TPSA) is 57.8 Å². The van der Waals surface area contributed by atoms with Gasteiger partial charge >= 0.3 is 0 Å². The van der Waals surface area contributed by atoms with Crippen LogP contribution in [0.4, 0.5) is 0 Å². The Balaban J connectivity index is 1.87. The van der Waals surface area contributed by atoms with Crippen molar-refractivity contribution in [2.75, 3.05) is 0 Å². The van der Waals surface area contributed by atoms with Crippen LogP contribution in [0.3, 0.4) is 0 Å². The first-order chi connectivity index (χ1) is 8.74. The van der Waals surface area contributed by atoms with E-state index < -0.39 is 0 Å². The molecule has 0 unspecified atom stereocenters. The van der Waals surface area contributed by atoms with E-state index in [1.807, 2.05) is 24.3 Å². The number of amides is 1. The molecule has 0 aliphatic heterocycles. The zero-order chi connectivity index (χ0) is 12.8. The van der Waals surface area contributed by atoms with Crippen molar-refractivity contribution in [3.8, 4) is 0 Å². The summed E-state index contributed by atoms with van der Waals surface area (Å²) < 4.78 is 0.988. The summed E-state index contributed by atoms with van der Waals surface area (Å²) in [6.45, 7) is 0.446. The molecule has 0 atom stereocenters. The molecular weight excluding hydrogens is 294 g/mol. The highest BCUT2D eigenvalue weighted by molar-refractivity contribution is 9.10. The van der Waals surface area contributed by atoms with Crippen LogP contribution in [-0.2, 0) is 11.3 Å². The van der Waals surface area contributed by atoms with Crippen LogP contribution in [-0.4, -0.2) is 15.9 Å². The molecule has 0 spiro atoms. The third-order valence-corrected chi connectivity index (χ3v) is 2.78. The zero-order valence-corrected chi connectivity index (χ0v) is 11.1. The molecule has 0 saturated carbocycles. The maximum Gasteiger partial charge on any atom is 0.244 e. The maximum absolute atomic E-state index is 11.6. The van der Waals surface area contributed by atoms with Crippen LogP contribution in [0.5, 0.6) is 0 Å². The summed E-state index contributed by atoms with van der Waals surface area (Å²) in [7, 11) is 0. The minimum atomic E-state index is -0.135. The van der Waals surface area contributed by atoms with Crippen molar-refractivity contribution in [1.82, 2.24) is 15.3 Å². The van der Waals surface area contributed by atoms with Crippen molar-refractivity contribution in [1.29, 1.82) is 0 Å². The van der Waals surface area contributed by atoms with E-state index in [2.05, 4.69) is 31.2 Å². The fraction of sp³-hybridized carbons (Fsp3) is 0.0769. The molecule has 0 aliphatic rings. The molecule has 0 fully saturated rings. The number of halogens is 1. The van der Waals surface area contributed by atoms with Gasteiger partial charge in [0.25, 0.3) is 0 Å². The number of nitrogens with zero attached hydrogens (tertiary/aromatic N) is 1. The maximum atomic E-state index is 11.6. The molecule has 0 radical (unpaired) electrons. The predicted octanol–water partition coefficient (Wildman–Crippen LogP) is 2.50. The lowest BCUT2D eigenvalue weighted by Crippen LogP contribution is -2.20. The van der Waals surface area contributed by atoms with E-state index >= 15 is 0 Å². The summed E-state index contributed by atoms with van der Waals surface area (Å²) in [6.07, 6.45) is 6.54. The fourth-order valence-electron chi connectivity index (χ4n) is 1.40. The minimum Gasteiger partial charge on any atom is -0.347 e. The third-order valence-electron chi connectivity index (χ3n) is 2.28. The molecule has 1 aromatic heterocycles. The highest BCUT2D eigenvalue weighted by Gasteiger charge is 1.97. The quantitative estimate of drug-likeness (QED) is 0.853. The fourth-order valence-corrected chi connectivity index (χ4v) is 1.82. The lowest BCUT2D eigenvalue weighted by atomic mass is 10.2. The van der Waals surface area contributed by atoms with Gasteiger partial charge in [-0.05, 0) is 23.8 Å². The van der Waals surface area contributed by atoms with Gasteiger partial charge in [0.15, 0.2) is 0 Å². The summed E-state index contributed by atoms with van der Waals surface area (Å²) in [5, 5.41) is 2.76. The Labute approximate surface area is 113 Å². The van der Waals surface area contributed by atoms with Crippen molar-refractivity contribution in [2.24, 2.45) is 0 Å². The summed E-state index contributed by atoms with van der Waals surface area (Å²) >= 11 is 3.38. The summed E-state index contributed by atoms with van der Waals surface area (Å²) in [4.78, 5) is 18.3. The number of H-pyrrole nitrogens is 1. The number of hydrogen-bond donors (Lipinski definition) is 2.